The number of hydrogen-bond acceptors (Lipinski definition) is 4. The summed E-state index contributed by atoms with van der Waals surface area (Å²) in [5, 5.41) is 3.70. The third-order valence-corrected chi connectivity index (χ3v) is 5.47. The van der Waals surface area contributed by atoms with Crippen LogP contribution in [0, 0.1) is 13.8 Å². The lowest BCUT2D eigenvalue weighted by atomic mass is 10.2. The Hall–Kier alpha value is -1.18. The molecule has 0 aliphatic rings. The summed E-state index contributed by atoms with van der Waals surface area (Å²) >= 11 is 3.37. The van der Waals surface area contributed by atoms with Crippen molar-refractivity contribution in [1.82, 2.24) is 9.46 Å². The highest BCUT2D eigenvalue weighted by molar-refractivity contribution is 9.10. The zero-order chi connectivity index (χ0) is 14.9. The van der Waals surface area contributed by atoms with Gasteiger partial charge in [-0.2, -0.15) is 4.31 Å². The summed E-state index contributed by atoms with van der Waals surface area (Å²) in [6, 6.07) is 7.53. The fraction of sp³-hybridized carbons (Fsp3) is 0.308. The van der Waals surface area contributed by atoms with Crippen molar-refractivity contribution in [3.05, 3.63) is 45.8 Å². The molecule has 20 heavy (non-hydrogen) atoms. The second-order valence-electron chi connectivity index (χ2n) is 4.54. The quantitative estimate of drug-likeness (QED) is 0.842. The molecule has 0 amide bonds. The van der Waals surface area contributed by atoms with Crippen LogP contribution in [0.1, 0.15) is 17.0 Å². The average molecular weight is 359 g/mol. The smallest absolute Gasteiger partial charge is 0.248 e. The number of hydrogen-bond donors (Lipinski definition) is 0. The Labute approximate surface area is 126 Å². The largest absolute Gasteiger partial charge is 0.360 e. The molecule has 5 nitrogen and oxygen atoms in total. The molecule has 1 aromatic carbocycles. The van der Waals surface area contributed by atoms with Crippen molar-refractivity contribution in [3.8, 4) is 0 Å². The Bertz CT molecular complexity index is 705. The standard InChI is InChI=1S/C13H15BrN2O3S/c1-9-13(10(2)19-15-9)20(17,18)16(3)8-11-5-4-6-12(14)7-11/h4-7H,8H2,1-3H3. The molecule has 0 spiro atoms. The van der Waals surface area contributed by atoms with Gasteiger partial charge in [0.05, 0.1) is 0 Å². The fourth-order valence-corrected chi connectivity index (χ4v) is 3.86. The van der Waals surface area contributed by atoms with Gasteiger partial charge in [-0.3, -0.25) is 0 Å². The third-order valence-electron chi connectivity index (χ3n) is 2.93. The number of halogens is 1. The van der Waals surface area contributed by atoms with Gasteiger partial charge in [0, 0.05) is 18.1 Å². The first-order chi connectivity index (χ1) is 9.32. The highest BCUT2D eigenvalue weighted by Crippen LogP contribution is 2.24. The maximum absolute atomic E-state index is 12.5. The van der Waals surface area contributed by atoms with E-state index in [0.717, 1.165) is 10.0 Å². The molecular formula is C13H15BrN2O3S. The van der Waals surface area contributed by atoms with Crippen molar-refractivity contribution >= 4 is 26.0 Å². The lowest BCUT2D eigenvalue weighted by Crippen LogP contribution is -2.27. The van der Waals surface area contributed by atoms with Crippen LogP contribution < -0.4 is 0 Å². The fourth-order valence-electron chi connectivity index (χ4n) is 1.98. The van der Waals surface area contributed by atoms with Crippen LogP contribution in [0.25, 0.3) is 0 Å². The SMILES string of the molecule is Cc1noc(C)c1S(=O)(=O)N(C)Cc1cccc(Br)c1. The first-order valence-corrected chi connectivity index (χ1v) is 8.19. The highest BCUT2D eigenvalue weighted by Gasteiger charge is 2.28. The number of nitrogens with zero attached hydrogens (tertiary/aromatic N) is 2. The van der Waals surface area contributed by atoms with E-state index in [1.54, 1.807) is 20.9 Å². The van der Waals surface area contributed by atoms with E-state index in [4.69, 9.17) is 4.52 Å². The predicted octanol–water partition coefficient (Wildman–Crippen LogP) is 2.87. The first-order valence-electron chi connectivity index (χ1n) is 5.96. The summed E-state index contributed by atoms with van der Waals surface area (Å²) < 4.78 is 32.2. The van der Waals surface area contributed by atoms with Crippen LogP contribution in [0.4, 0.5) is 0 Å². The molecule has 2 rings (SSSR count). The number of aromatic nitrogens is 1. The molecule has 108 valence electrons. The minimum absolute atomic E-state index is 0.148. The minimum atomic E-state index is -3.61. The minimum Gasteiger partial charge on any atom is -0.360 e. The molecule has 0 aliphatic heterocycles. The molecule has 0 atom stereocenters. The van der Waals surface area contributed by atoms with Crippen LogP contribution in [-0.4, -0.2) is 24.9 Å². The Morgan fingerprint density at radius 2 is 2.05 bits per heavy atom. The maximum atomic E-state index is 12.5. The van der Waals surface area contributed by atoms with Gasteiger partial charge in [0.1, 0.15) is 10.6 Å². The van der Waals surface area contributed by atoms with Crippen molar-refractivity contribution in [2.75, 3.05) is 7.05 Å². The van der Waals surface area contributed by atoms with E-state index >= 15 is 0 Å². The highest BCUT2D eigenvalue weighted by atomic mass is 79.9. The molecule has 0 aliphatic carbocycles. The second-order valence-corrected chi connectivity index (χ2v) is 7.44. The monoisotopic (exact) mass is 358 g/mol. The van der Waals surface area contributed by atoms with Gasteiger partial charge in [-0.05, 0) is 31.5 Å². The summed E-state index contributed by atoms with van der Waals surface area (Å²) in [7, 11) is -2.06. The number of benzene rings is 1. The molecule has 0 radical (unpaired) electrons. The van der Waals surface area contributed by atoms with Gasteiger partial charge in [-0.25, -0.2) is 8.42 Å². The second kappa shape index (κ2) is 5.67. The topological polar surface area (TPSA) is 63.4 Å². The van der Waals surface area contributed by atoms with Crippen LogP contribution in [0.15, 0.2) is 38.2 Å². The molecule has 0 N–H and O–H groups in total. The summed E-state index contributed by atoms with van der Waals surface area (Å²) in [5.74, 6) is 0.309. The molecule has 0 fully saturated rings. The number of sulfonamides is 1. The lowest BCUT2D eigenvalue weighted by Gasteiger charge is -2.17. The van der Waals surface area contributed by atoms with Gasteiger partial charge < -0.3 is 4.52 Å². The molecular weight excluding hydrogens is 344 g/mol. The van der Waals surface area contributed by atoms with Crippen LogP contribution in [0.5, 0.6) is 0 Å². The van der Waals surface area contributed by atoms with Crippen LogP contribution in [0.2, 0.25) is 0 Å². The van der Waals surface area contributed by atoms with Crippen LogP contribution >= 0.6 is 15.9 Å². The van der Waals surface area contributed by atoms with Gasteiger partial charge in [0.25, 0.3) is 0 Å². The molecule has 0 saturated heterocycles. The lowest BCUT2D eigenvalue weighted by molar-refractivity contribution is 0.389. The summed E-state index contributed by atoms with van der Waals surface area (Å²) in [5.41, 5.74) is 1.28. The van der Waals surface area contributed by atoms with Crippen LogP contribution in [0.3, 0.4) is 0 Å². The Balaban J connectivity index is 2.31. The van der Waals surface area contributed by atoms with E-state index in [1.165, 1.54) is 4.31 Å². The molecule has 1 aromatic heterocycles. The van der Waals surface area contributed by atoms with E-state index in [9.17, 15) is 8.42 Å². The van der Waals surface area contributed by atoms with Gasteiger partial charge in [-0.15, -0.1) is 0 Å². The zero-order valence-corrected chi connectivity index (χ0v) is 13.8. The summed E-state index contributed by atoms with van der Waals surface area (Å²) in [4.78, 5) is 0.148. The summed E-state index contributed by atoms with van der Waals surface area (Å²) in [6.07, 6.45) is 0. The van der Waals surface area contributed by atoms with E-state index in [-0.39, 0.29) is 11.4 Å². The Morgan fingerprint density at radius 3 is 2.60 bits per heavy atom. The van der Waals surface area contributed by atoms with E-state index < -0.39 is 10.0 Å². The van der Waals surface area contributed by atoms with Gasteiger partial charge >= 0.3 is 0 Å². The molecule has 0 unspecified atom stereocenters. The average Bonchev–Trinajstić information content (AvgIpc) is 2.69. The van der Waals surface area contributed by atoms with Crippen molar-refractivity contribution in [3.63, 3.8) is 0 Å². The normalized spacial score (nSPS) is 12.1. The maximum Gasteiger partial charge on any atom is 0.248 e. The molecule has 0 saturated carbocycles. The van der Waals surface area contributed by atoms with Crippen LogP contribution in [-0.2, 0) is 16.6 Å². The van der Waals surface area contributed by atoms with Crippen molar-refractivity contribution in [2.45, 2.75) is 25.3 Å². The first kappa shape index (κ1) is 15.2. The zero-order valence-electron chi connectivity index (χ0n) is 11.4. The van der Waals surface area contributed by atoms with Gasteiger partial charge in [0.2, 0.25) is 10.0 Å². The number of aryl methyl sites for hydroxylation is 2. The van der Waals surface area contributed by atoms with Crippen molar-refractivity contribution in [1.29, 1.82) is 0 Å². The van der Waals surface area contributed by atoms with Gasteiger partial charge in [-0.1, -0.05) is 33.2 Å². The third kappa shape index (κ3) is 2.94. The van der Waals surface area contributed by atoms with E-state index in [0.29, 0.717) is 11.5 Å². The van der Waals surface area contributed by atoms with E-state index in [1.807, 2.05) is 24.3 Å². The molecule has 2 aromatic rings. The Morgan fingerprint density at radius 1 is 1.35 bits per heavy atom. The number of rotatable bonds is 4. The Kier molecular flexibility index (Phi) is 4.31. The van der Waals surface area contributed by atoms with Crippen molar-refractivity contribution in [2.24, 2.45) is 0 Å². The van der Waals surface area contributed by atoms with E-state index in [2.05, 4.69) is 21.1 Å². The van der Waals surface area contributed by atoms with Crippen molar-refractivity contribution < 1.29 is 12.9 Å². The van der Waals surface area contributed by atoms with Gasteiger partial charge in [0.15, 0.2) is 5.76 Å². The molecule has 0 bridgehead atoms. The predicted molar refractivity (Wildman–Crippen MR) is 78.8 cm³/mol. The summed E-state index contributed by atoms with van der Waals surface area (Å²) in [6.45, 7) is 3.50. The molecule has 1 heterocycles. The molecule has 7 heteroatoms.